The molecule has 0 aliphatic carbocycles. The van der Waals surface area contributed by atoms with Crippen LogP contribution in [0.3, 0.4) is 0 Å². The van der Waals surface area contributed by atoms with Crippen LogP contribution in [-0.4, -0.2) is 6.36 Å². The lowest BCUT2D eigenvalue weighted by Crippen LogP contribution is -2.12. The van der Waals surface area contributed by atoms with Crippen LogP contribution in [0.15, 0.2) is 69.3 Å². The Labute approximate surface area is 202 Å². The summed E-state index contributed by atoms with van der Waals surface area (Å²) in [6.07, 6.45) is -0.937. The maximum absolute atomic E-state index is 12.7. The highest BCUT2D eigenvalue weighted by molar-refractivity contribution is 6.30. The van der Waals surface area contributed by atoms with Gasteiger partial charge >= 0.3 is 6.36 Å². The van der Waals surface area contributed by atoms with Gasteiger partial charge in [0.2, 0.25) is 0 Å². The Morgan fingerprint density at radius 1 is 1.03 bits per heavy atom. The number of furan rings is 1. The molecule has 1 N–H and O–H groups in total. The summed E-state index contributed by atoms with van der Waals surface area (Å²) in [6.45, 7) is 8.92. The average Bonchev–Trinajstić information content (AvgIpc) is 3.20. The van der Waals surface area contributed by atoms with E-state index in [1.807, 2.05) is 51.1 Å². The van der Waals surface area contributed by atoms with Gasteiger partial charge in [0.1, 0.15) is 11.5 Å². The van der Waals surface area contributed by atoms with Gasteiger partial charge in [-0.25, -0.2) is 0 Å². The van der Waals surface area contributed by atoms with E-state index in [1.165, 1.54) is 13.0 Å². The van der Waals surface area contributed by atoms with E-state index in [1.54, 1.807) is 19.1 Å². The lowest BCUT2D eigenvalue weighted by Gasteiger charge is -2.16. The van der Waals surface area contributed by atoms with Crippen LogP contribution < -0.4 is 5.32 Å². The van der Waals surface area contributed by atoms with Crippen molar-refractivity contribution in [2.24, 2.45) is 0 Å². The molecule has 2 aromatic rings. The summed E-state index contributed by atoms with van der Waals surface area (Å²) in [6, 6.07) is 10.9. The van der Waals surface area contributed by atoms with Crippen molar-refractivity contribution in [3.63, 3.8) is 0 Å². The van der Waals surface area contributed by atoms with E-state index in [4.69, 9.17) is 27.6 Å². The van der Waals surface area contributed by atoms with Crippen LogP contribution in [0.4, 0.5) is 13.2 Å². The van der Waals surface area contributed by atoms with Crippen molar-refractivity contribution in [1.82, 2.24) is 5.32 Å². The van der Waals surface area contributed by atoms with Crippen LogP contribution in [0, 0.1) is 0 Å². The number of rotatable bonds is 8. The molecule has 33 heavy (non-hydrogen) atoms. The van der Waals surface area contributed by atoms with Gasteiger partial charge in [0.25, 0.3) is 0 Å². The number of allylic oxidation sites excluding steroid dienone is 5. The second kappa shape index (κ2) is 11.5. The van der Waals surface area contributed by atoms with Crippen LogP contribution in [0.5, 0.6) is 0 Å². The molecule has 8 heteroatoms. The van der Waals surface area contributed by atoms with E-state index in [9.17, 15) is 13.2 Å². The van der Waals surface area contributed by atoms with Crippen molar-refractivity contribution in [1.29, 1.82) is 0 Å². The summed E-state index contributed by atoms with van der Waals surface area (Å²) in [5.74, 6) is 0.439. The monoisotopic (exact) mass is 499 g/mol. The summed E-state index contributed by atoms with van der Waals surface area (Å²) >= 11 is 11.8. The Morgan fingerprint density at radius 3 is 2.15 bits per heavy atom. The molecule has 0 spiro atoms. The van der Waals surface area contributed by atoms with E-state index in [0.29, 0.717) is 22.1 Å². The van der Waals surface area contributed by atoms with Gasteiger partial charge in [-0.3, -0.25) is 0 Å². The SMILES string of the molecule is CC/C=C(/NC(=C(C)C)c1ccc(Cl)cc1)c1ccc(/C(C)=C/C(OC(F)(F)F)=C(\C)Cl)o1. The molecule has 0 saturated carbocycles. The van der Waals surface area contributed by atoms with Gasteiger partial charge in [-0.05, 0) is 75.6 Å². The number of halogens is 5. The first-order valence-electron chi connectivity index (χ1n) is 10.2. The Hall–Kier alpha value is -2.57. The van der Waals surface area contributed by atoms with Crippen LogP contribution in [0.25, 0.3) is 17.0 Å². The number of benzene rings is 1. The summed E-state index contributed by atoms with van der Waals surface area (Å²) in [4.78, 5) is 0. The van der Waals surface area contributed by atoms with Crippen molar-refractivity contribution in [3.05, 3.63) is 87.0 Å². The van der Waals surface area contributed by atoms with Gasteiger partial charge in [0.05, 0.1) is 10.7 Å². The van der Waals surface area contributed by atoms with Crippen molar-refractivity contribution >= 4 is 40.2 Å². The van der Waals surface area contributed by atoms with Gasteiger partial charge in [-0.15, -0.1) is 13.2 Å². The molecular formula is C25H26Cl2F3NO2. The second-order valence-electron chi connectivity index (χ2n) is 7.47. The standard InChI is InChI=1S/C25H26Cl2F3NO2/c1-6-7-20(31-24(15(2)3)18-8-10-19(27)11-9-18)22-13-12-21(32-22)16(4)14-23(17(5)26)33-25(28,29)30/h7-14,31H,6H2,1-5H3/b16-14+,20-7+,23-17-. The van der Waals surface area contributed by atoms with E-state index in [2.05, 4.69) is 10.1 Å². The molecule has 0 unspecified atom stereocenters. The van der Waals surface area contributed by atoms with Gasteiger partial charge in [0, 0.05) is 10.7 Å². The van der Waals surface area contributed by atoms with Crippen LogP contribution >= 0.6 is 23.2 Å². The fraction of sp³-hybridized carbons (Fsp3) is 0.280. The number of nitrogens with one attached hydrogen (secondary N) is 1. The third kappa shape index (κ3) is 8.06. The summed E-state index contributed by atoms with van der Waals surface area (Å²) in [5, 5.41) is 3.95. The molecule has 0 radical (unpaired) electrons. The van der Waals surface area contributed by atoms with Crippen molar-refractivity contribution in [3.8, 4) is 0 Å². The van der Waals surface area contributed by atoms with Crippen molar-refractivity contribution in [2.45, 2.75) is 47.4 Å². The Morgan fingerprint density at radius 2 is 1.64 bits per heavy atom. The Bertz CT molecular complexity index is 1080. The molecule has 2 rings (SSSR count). The minimum atomic E-state index is -4.85. The maximum Gasteiger partial charge on any atom is 0.573 e. The third-order valence-corrected chi connectivity index (χ3v) is 4.91. The predicted octanol–water partition coefficient (Wildman–Crippen LogP) is 9.13. The molecule has 0 saturated heterocycles. The molecular weight excluding hydrogens is 474 g/mol. The average molecular weight is 500 g/mol. The zero-order chi connectivity index (χ0) is 24.8. The maximum atomic E-state index is 12.7. The third-order valence-electron chi connectivity index (χ3n) is 4.47. The molecule has 1 heterocycles. The predicted molar refractivity (Wildman–Crippen MR) is 129 cm³/mol. The molecule has 0 amide bonds. The Balaban J connectivity index is 2.36. The number of hydrogen-bond donors (Lipinski definition) is 1. The largest absolute Gasteiger partial charge is 0.573 e. The highest BCUT2D eigenvalue weighted by Gasteiger charge is 2.32. The first-order valence-corrected chi connectivity index (χ1v) is 11.0. The lowest BCUT2D eigenvalue weighted by molar-refractivity contribution is -0.303. The van der Waals surface area contributed by atoms with Crippen LogP contribution in [0.2, 0.25) is 5.02 Å². The van der Waals surface area contributed by atoms with Gasteiger partial charge in [-0.2, -0.15) is 0 Å². The molecule has 0 aliphatic rings. The normalized spacial score (nSPS) is 13.5. The topological polar surface area (TPSA) is 34.4 Å². The fourth-order valence-electron chi connectivity index (χ4n) is 2.94. The van der Waals surface area contributed by atoms with Gasteiger partial charge in [-0.1, -0.05) is 53.9 Å². The smallest absolute Gasteiger partial charge is 0.455 e. The molecule has 178 valence electrons. The first-order chi connectivity index (χ1) is 15.4. The van der Waals surface area contributed by atoms with Crippen molar-refractivity contribution < 1.29 is 22.3 Å². The number of alkyl halides is 3. The molecule has 3 nitrogen and oxygen atoms in total. The van der Waals surface area contributed by atoms with Crippen LogP contribution in [0.1, 0.15) is 58.1 Å². The summed E-state index contributed by atoms with van der Waals surface area (Å²) < 4.78 is 48.0. The molecule has 0 aliphatic heterocycles. The highest BCUT2D eigenvalue weighted by atomic mass is 35.5. The number of hydrogen-bond acceptors (Lipinski definition) is 3. The number of ether oxygens (including phenoxy) is 1. The summed E-state index contributed by atoms with van der Waals surface area (Å²) in [5.41, 5.74) is 4.08. The molecule has 0 atom stereocenters. The van der Waals surface area contributed by atoms with Gasteiger partial charge in [0.15, 0.2) is 5.76 Å². The van der Waals surface area contributed by atoms with Crippen LogP contribution in [-0.2, 0) is 4.74 Å². The minimum absolute atomic E-state index is 0.122. The van der Waals surface area contributed by atoms with Gasteiger partial charge < -0.3 is 14.5 Å². The zero-order valence-electron chi connectivity index (χ0n) is 19.0. The molecule has 0 fully saturated rings. The van der Waals surface area contributed by atoms with E-state index >= 15 is 0 Å². The molecule has 1 aromatic carbocycles. The highest BCUT2D eigenvalue weighted by Crippen LogP contribution is 2.30. The molecule has 0 bridgehead atoms. The van der Waals surface area contributed by atoms with Crippen molar-refractivity contribution in [2.75, 3.05) is 0 Å². The fourth-order valence-corrected chi connectivity index (χ4v) is 3.16. The molecule has 1 aromatic heterocycles. The minimum Gasteiger partial charge on any atom is -0.455 e. The van der Waals surface area contributed by atoms with E-state index in [0.717, 1.165) is 29.0 Å². The quantitative estimate of drug-likeness (QED) is 0.290. The summed E-state index contributed by atoms with van der Waals surface area (Å²) in [7, 11) is 0. The first kappa shape index (κ1) is 26.7. The van der Waals surface area contributed by atoms with E-state index < -0.39 is 12.1 Å². The second-order valence-corrected chi connectivity index (χ2v) is 8.47. The zero-order valence-corrected chi connectivity index (χ0v) is 20.5. The lowest BCUT2D eigenvalue weighted by atomic mass is 10.1. The van der Waals surface area contributed by atoms with E-state index in [-0.39, 0.29) is 5.03 Å². The Kier molecular flexibility index (Phi) is 9.32.